The molecule has 1 atom stereocenters. The average Bonchev–Trinajstić information content (AvgIpc) is 3.32. The van der Waals surface area contributed by atoms with E-state index in [1.165, 1.54) is 6.07 Å². The van der Waals surface area contributed by atoms with Crippen molar-refractivity contribution in [3.63, 3.8) is 0 Å². The summed E-state index contributed by atoms with van der Waals surface area (Å²) in [6.45, 7) is 1.14. The van der Waals surface area contributed by atoms with Gasteiger partial charge >= 0.3 is 12.1 Å². The molecule has 2 aromatic heterocycles. The lowest BCUT2D eigenvalue weighted by Crippen LogP contribution is -2.58. The van der Waals surface area contributed by atoms with E-state index >= 15 is 0 Å². The number of hydrogen-bond donors (Lipinski definition) is 2. The van der Waals surface area contributed by atoms with Crippen LogP contribution in [0.1, 0.15) is 28.9 Å². The Morgan fingerprint density at radius 2 is 1.80 bits per heavy atom. The van der Waals surface area contributed by atoms with Gasteiger partial charge in [0.05, 0.1) is 35.2 Å². The molecule has 0 aliphatic carbocycles. The zero-order valence-electron chi connectivity index (χ0n) is 17.9. The highest BCUT2D eigenvalue weighted by atomic mass is 32.2. The fourth-order valence-corrected chi connectivity index (χ4v) is 4.39. The smallest absolute Gasteiger partial charge is 0.418 e. The molecule has 0 unspecified atom stereocenters. The summed E-state index contributed by atoms with van der Waals surface area (Å²) in [6.07, 6.45) is -2.77. The number of halogens is 4. The number of furan rings is 1. The normalized spacial score (nSPS) is 12.7. The van der Waals surface area contributed by atoms with Crippen molar-refractivity contribution in [1.82, 2.24) is 14.4 Å². The topological polar surface area (TPSA) is 146 Å². The van der Waals surface area contributed by atoms with Gasteiger partial charge in [0.25, 0.3) is 10.0 Å². The first-order valence-electron chi connectivity index (χ1n) is 9.72. The minimum absolute atomic E-state index is 0.0450. The van der Waals surface area contributed by atoms with Crippen molar-refractivity contribution in [1.29, 1.82) is 5.41 Å². The molecular weight excluding hydrogens is 496 g/mol. The quantitative estimate of drug-likeness (QED) is 0.223. The van der Waals surface area contributed by atoms with Crippen LogP contribution >= 0.6 is 0 Å². The Bertz CT molecular complexity index is 1310. The zero-order chi connectivity index (χ0) is 26.0. The number of carbonyl (C=O) groups is 1. The van der Waals surface area contributed by atoms with E-state index in [0.717, 1.165) is 49.8 Å². The van der Waals surface area contributed by atoms with Crippen LogP contribution in [-0.2, 0) is 22.6 Å². The molecule has 3 aromatic rings. The predicted octanol–water partition coefficient (Wildman–Crippen LogP) is 2.95. The van der Waals surface area contributed by atoms with Gasteiger partial charge in [-0.05, 0) is 31.2 Å². The fraction of sp³-hybridized carbons (Fsp3) is 0.200. The number of para-hydroxylation sites is 1. The maximum atomic E-state index is 13.8. The second kappa shape index (κ2) is 9.69. The molecule has 15 heteroatoms. The van der Waals surface area contributed by atoms with Crippen LogP contribution in [0.25, 0.3) is 0 Å². The van der Waals surface area contributed by atoms with Gasteiger partial charge in [-0.3, -0.25) is 10.2 Å². The summed E-state index contributed by atoms with van der Waals surface area (Å²) in [4.78, 5) is 20.6. The van der Waals surface area contributed by atoms with Crippen LogP contribution in [0.4, 0.5) is 23.2 Å². The molecule has 2 heterocycles. The van der Waals surface area contributed by atoms with Gasteiger partial charge in [0.15, 0.2) is 11.6 Å². The van der Waals surface area contributed by atoms with Gasteiger partial charge in [-0.25, -0.2) is 22.8 Å². The first kappa shape index (κ1) is 25.6. The Hall–Kier alpha value is -4.01. The summed E-state index contributed by atoms with van der Waals surface area (Å²) >= 11 is 0. The number of nitrogens with zero attached hydrogens (tertiary/aromatic N) is 4. The number of sulfonamides is 1. The Kier molecular flexibility index (Phi) is 7.09. The molecule has 0 saturated heterocycles. The molecule has 0 aliphatic heterocycles. The Labute approximate surface area is 196 Å². The molecule has 0 saturated carbocycles. The fourth-order valence-electron chi connectivity index (χ4n) is 3.03. The van der Waals surface area contributed by atoms with E-state index in [9.17, 15) is 30.8 Å². The molecule has 0 radical (unpaired) electrons. The molecule has 1 aromatic carbocycles. The molecule has 1 amide bonds. The summed E-state index contributed by atoms with van der Waals surface area (Å²) in [5.41, 5.74) is 3.23. The first-order valence-corrected chi connectivity index (χ1v) is 11.2. The number of guanidine groups is 1. The SMILES string of the molecule is C[C@H](Cc1ncc(F)cn1)S(=O)(=O)N(C(=N)N)N(C(=O)c1ccco1)c1ccccc1C(F)(F)F. The van der Waals surface area contributed by atoms with Crippen LogP contribution in [0.2, 0.25) is 0 Å². The van der Waals surface area contributed by atoms with E-state index in [0.29, 0.717) is 6.07 Å². The number of alkyl halides is 3. The molecule has 0 spiro atoms. The van der Waals surface area contributed by atoms with Crippen molar-refractivity contribution >= 4 is 27.6 Å². The third-order valence-corrected chi connectivity index (χ3v) is 6.67. The number of nitrogens with two attached hydrogens (primary N) is 1. The van der Waals surface area contributed by atoms with Crippen molar-refractivity contribution < 1.29 is 35.2 Å². The van der Waals surface area contributed by atoms with Crippen molar-refractivity contribution in [2.75, 3.05) is 5.01 Å². The second-order valence-electron chi connectivity index (χ2n) is 7.11. The molecule has 186 valence electrons. The Balaban J connectivity index is 2.16. The molecule has 10 nitrogen and oxygen atoms in total. The second-order valence-corrected chi connectivity index (χ2v) is 9.30. The summed E-state index contributed by atoms with van der Waals surface area (Å²) in [5.74, 6) is -4.00. The maximum Gasteiger partial charge on any atom is 0.418 e. The third-order valence-electron chi connectivity index (χ3n) is 4.64. The van der Waals surface area contributed by atoms with Gasteiger partial charge in [0.1, 0.15) is 5.82 Å². The summed E-state index contributed by atoms with van der Waals surface area (Å²) < 4.78 is 86.3. The number of hydrogen-bond acceptors (Lipinski definition) is 7. The van der Waals surface area contributed by atoms with Crippen molar-refractivity contribution in [3.8, 4) is 0 Å². The lowest BCUT2D eigenvalue weighted by Gasteiger charge is -2.36. The summed E-state index contributed by atoms with van der Waals surface area (Å²) in [6, 6.07) is 6.05. The molecule has 35 heavy (non-hydrogen) atoms. The lowest BCUT2D eigenvalue weighted by atomic mass is 10.1. The molecular formula is C20H18F4N6O4S. The van der Waals surface area contributed by atoms with E-state index in [2.05, 4.69) is 9.97 Å². The first-order chi connectivity index (χ1) is 16.3. The van der Waals surface area contributed by atoms with Gasteiger partial charge in [0, 0.05) is 6.42 Å². The number of nitrogens with one attached hydrogen (secondary N) is 1. The molecule has 3 N–H and O–H groups in total. The highest BCUT2D eigenvalue weighted by Gasteiger charge is 2.43. The van der Waals surface area contributed by atoms with Crippen molar-refractivity contribution in [3.05, 3.63) is 78.0 Å². The van der Waals surface area contributed by atoms with E-state index in [1.54, 1.807) is 0 Å². The zero-order valence-corrected chi connectivity index (χ0v) is 18.7. The molecule has 3 rings (SSSR count). The largest absolute Gasteiger partial charge is 0.459 e. The van der Waals surface area contributed by atoms with Crippen molar-refractivity contribution in [2.45, 2.75) is 24.8 Å². The molecule has 0 fully saturated rings. The number of aromatic nitrogens is 2. The van der Waals surface area contributed by atoms with Crippen molar-refractivity contribution in [2.24, 2.45) is 5.73 Å². The van der Waals surface area contributed by atoms with Crippen LogP contribution in [0, 0.1) is 11.2 Å². The average molecular weight is 514 g/mol. The Morgan fingerprint density at radius 1 is 1.17 bits per heavy atom. The van der Waals surface area contributed by atoms with E-state index in [-0.39, 0.29) is 15.2 Å². The van der Waals surface area contributed by atoms with Crippen LogP contribution < -0.4 is 10.7 Å². The summed E-state index contributed by atoms with van der Waals surface area (Å²) in [5, 5.41) is 6.47. The number of hydrazine groups is 1. The van der Waals surface area contributed by atoms with Crippen LogP contribution in [0.5, 0.6) is 0 Å². The lowest BCUT2D eigenvalue weighted by molar-refractivity contribution is -0.137. The monoisotopic (exact) mass is 514 g/mol. The minimum atomic E-state index is -5.00. The van der Waals surface area contributed by atoms with E-state index in [4.69, 9.17) is 15.6 Å². The van der Waals surface area contributed by atoms with Crippen LogP contribution in [0.15, 0.2) is 59.5 Å². The Morgan fingerprint density at radius 3 is 2.34 bits per heavy atom. The van der Waals surface area contributed by atoms with Gasteiger partial charge in [-0.15, -0.1) is 4.41 Å². The van der Waals surface area contributed by atoms with Gasteiger partial charge in [0.2, 0.25) is 5.96 Å². The van der Waals surface area contributed by atoms with Gasteiger partial charge < -0.3 is 10.2 Å². The standard InChI is InChI=1S/C20H18F4N6O4S/c1-12(9-17-27-10-13(21)11-28-17)35(32,33)30(19(25)26)29(18(31)16-7-4-8-34-16)15-6-3-2-5-14(15)20(22,23)24/h2-8,10-12H,9H2,1H3,(H3,25,26)/t12-/m1/s1. The maximum absolute atomic E-state index is 13.8. The third kappa shape index (κ3) is 5.40. The van der Waals surface area contributed by atoms with E-state index < -0.39 is 62.6 Å². The molecule has 0 aliphatic rings. The number of rotatable bonds is 6. The summed E-state index contributed by atoms with van der Waals surface area (Å²) in [7, 11) is -4.85. The minimum Gasteiger partial charge on any atom is -0.459 e. The number of carbonyl (C=O) groups excluding carboxylic acids is 1. The number of amides is 1. The number of anilines is 1. The molecule has 0 bridgehead atoms. The highest BCUT2D eigenvalue weighted by Crippen LogP contribution is 2.38. The van der Waals surface area contributed by atoms with E-state index in [1.807, 2.05) is 0 Å². The van der Waals surface area contributed by atoms with Gasteiger partial charge in [-0.2, -0.15) is 18.2 Å². The van der Waals surface area contributed by atoms with Crippen LogP contribution in [0.3, 0.4) is 0 Å². The highest BCUT2D eigenvalue weighted by molar-refractivity contribution is 7.90. The van der Waals surface area contributed by atoms with Crippen LogP contribution in [-0.4, -0.2) is 39.9 Å². The van der Waals surface area contributed by atoms with Gasteiger partial charge in [-0.1, -0.05) is 12.1 Å². The number of benzene rings is 1. The predicted molar refractivity (Wildman–Crippen MR) is 115 cm³/mol.